The number of ether oxygens (including phenoxy) is 1. The van der Waals surface area contributed by atoms with Crippen molar-refractivity contribution in [2.45, 2.75) is 77.4 Å². The minimum Gasteiger partial charge on any atom is -0.390 e. The van der Waals surface area contributed by atoms with E-state index in [9.17, 15) is 9.90 Å². The maximum Gasteiger partial charge on any atom is 0.139 e. The number of methoxy groups -OCH3 is 1. The molecule has 4 unspecified atom stereocenters. The average molecular weight is 320 g/mol. The first-order valence-electron chi connectivity index (χ1n) is 9.66. The summed E-state index contributed by atoms with van der Waals surface area (Å²) in [7, 11) is 1.76. The van der Waals surface area contributed by atoms with Crippen LogP contribution in [0, 0.1) is 34.5 Å². The van der Waals surface area contributed by atoms with Crippen LogP contribution in [0.4, 0.5) is 0 Å². The number of aliphatic hydroxyl groups excluding tert-OH is 1. The molecule has 0 bridgehead atoms. The molecule has 3 heteroatoms. The zero-order chi connectivity index (χ0) is 16.4. The van der Waals surface area contributed by atoms with Crippen LogP contribution in [0.15, 0.2) is 0 Å². The summed E-state index contributed by atoms with van der Waals surface area (Å²) in [5.74, 6) is 3.06. The number of Topliss-reactive ketones (excluding diaryl/α,β-unsaturated/α-hetero) is 1. The molecule has 0 aliphatic heterocycles. The Kier molecular flexibility index (Phi) is 3.70. The lowest BCUT2D eigenvalue weighted by Crippen LogP contribution is -2.58. The molecule has 0 aromatic heterocycles. The molecule has 0 amide bonds. The van der Waals surface area contributed by atoms with E-state index in [0.29, 0.717) is 23.5 Å². The summed E-state index contributed by atoms with van der Waals surface area (Å²) in [5.41, 5.74) is 0.259. The second kappa shape index (κ2) is 5.29. The molecule has 4 aliphatic rings. The summed E-state index contributed by atoms with van der Waals surface area (Å²) >= 11 is 0. The summed E-state index contributed by atoms with van der Waals surface area (Å²) in [4.78, 5) is 12.5. The number of ketones is 1. The highest BCUT2D eigenvalue weighted by Crippen LogP contribution is 2.65. The lowest BCUT2D eigenvalue weighted by molar-refractivity contribution is -0.180. The van der Waals surface area contributed by atoms with Gasteiger partial charge in [-0.3, -0.25) is 4.79 Å². The van der Waals surface area contributed by atoms with Crippen molar-refractivity contribution in [2.24, 2.45) is 34.5 Å². The van der Waals surface area contributed by atoms with Gasteiger partial charge < -0.3 is 9.84 Å². The van der Waals surface area contributed by atoms with Gasteiger partial charge >= 0.3 is 0 Å². The Labute approximate surface area is 140 Å². The van der Waals surface area contributed by atoms with Crippen LogP contribution in [0.3, 0.4) is 0 Å². The lowest BCUT2D eigenvalue weighted by Gasteiger charge is -2.61. The molecule has 0 aromatic carbocycles. The van der Waals surface area contributed by atoms with E-state index in [0.717, 1.165) is 44.4 Å². The molecule has 23 heavy (non-hydrogen) atoms. The summed E-state index contributed by atoms with van der Waals surface area (Å²) in [5, 5.41) is 10.4. The molecule has 4 aliphatic carbocycles. The summed E-state index contributed by atoms with van der Waals surface area (Å²) in [6, 6.07) is 0. The fourth-order valence-electron chi connectivity index (χ4n) is 7.38. The number of carbonyl (C=O) groups excluding carboxylic acids is 1. The first-order chi connectivity index (χ1) is 10.9. The van der Waals surface area contributed by atoms with Crippen LogP contribution >= 0.6 is 0 Å². The van der Waals surface area contributed by atoms with E-state index in [2.05, 4.69) is 13.8 Å². The van der Waals surface area contributed by atoms with E-state index in [1.807, 2.05) is 0 Å². The SMILES string of the molecule is CO[C@@H]1C(O)CC[C@@]2(C)C3CC[C@@]4(C)C(=O)CCC4[C@H]3CCC12. The molecule has 0 spiro atoms. The van der Waals surface area contributed by atoms with E-state index in [1.54, 1.807) is 7.11 Å². The number of carbonyl (C=O) groups is 1. The van der Waals surface area contributed by atoms with Gasteiger partial charge in [0, 0.05) is 18.9 Å². The second-order valence-electron chi connectivity index (χ2n) is 9.29. The standard InChI is InChI=1S/C20H32O3/c1-19-11-9-16(21)18(23-3)15(19)5-4-12-13-6-7-17(22)20(13,2)10-8-14(12)19/h12-16,18,21H,4-11H2,1-3H3/t12-,13?,14?,15?,16?,18+,19+,20-/m1/s1. The number of fused-ring (bicyclic) bond motifs is 5. The molecule has 4 rings (SSSR count). The van der Waals surface area contributed by atoms with E-state index < -0.39 is 0 Å². The average Bonchev–Trinajstić information content (AvgIpc) is 2.83. The van der Waals surface area contributed by atoms with Crippen molar-refractivity contribution in [3.8, 4) is 0 Å². The molecule has 8 atom stereocenters. The highest BCUT2D eigenvalue weighted by molar-refractivity contribution is 5.87. The van der Waals surface area contributed by atoms with Crippen LogP contribution in [0.2, 0.25) is 0 Å². The van der Waals surface area contributed by atoms with Gasteiger partial charge in [-0.2, -0.15) is 0 Å². The Morgan fingerprint density at radius 2 is 1.78 bits per heavy atom. The second-order valence-corrected chi connectivity index (χ2v) is 9.29. The summed E-state index contributed by atoms with van der Waals surface area (Å²) in [6.07, 6.45) is 8.30. The van der Waals surface area contributed by atoms with Crippen LogP contribution in [-0.2, 0) is 9.53 Å². The smallest absolute Gasteiger partial charge is 0.139 e. The summed E-state index contributed by atoms with van der Waals surface area (Å²) < 4.78 is 5.74. The van der Waals surface area contributed by atoms with Gasteiger partial charge in [0.1, 0.15) is 5.78 Å². The predicted octanol–water partition coefficient (Wildman–Crippen LogP) is 3.58. The topological polar surface area (TPSA) is 46.5 Å². The first-order valence-corrected chi connectivity index (χ1v) is 9.66. The van der Waals surface area contributed by atoms with Crippen LogP contribution in [0.1, 0.15) is 65.2 Å². The fourth-order valence-corrected chi connectivity index (χ4v) is 7.38. The van der Waals surface area contributed by atoms with Crippen molar-refractivity contribution in [3.63, 3.8) is 0 Å². The molecule has 3 nitrogen and oxygen atoms in total. The van der Waals surface area contributed by atoms with Gasteiger partial charge in [0.2, 0.25) is 0 Å². The monoisotopic (exact) mass is 320 g/mol. The van der Waals surface area contributed by atoms with Crippen molar-refractivity contribution in [1.29, 1.82) is 0 Å². The normalized spacial score (nSPS) is 55.9. The third-order valence-electron chi connectivity index (χ3n) is 8.68. The number of rotatable bonds is 1. The van der Waals surface area contributed by atoms with Gasteiger partial charge in [-0.25, -0.2) is 0 Å². The first kappa shape index (κ1) is 16.1. The Bertz CT molecular complexity index is 503. The molecular weight excluding hydrogens is 288 g/mol. The molecule has 0 heterocycles. The van der Waals surface area contributed by atoms with Gasteiger partial charge in [0.25, 0.3) is 0 Å². The molecule has 4 fully saturated rings. The Morgan fingerprint density at radius 1 is 1.00 bits per heavy atom. The molecule has 0 aromatic rings. The number of hydrogen-bond acceptors (Lipinski definition) is 3. The number of hydrogen-bond donors (Lipinski definition) is 1. The van der Waals surface area contributed by atoms with Crippen LogP contribution < -0.4 is 0 Å². The Morgan fingerprint density at radius 3 is 2.52 bits per heavy atom. The fraction of sp³-hybridized carbons (Fsp3) is 0.950. The highest BCUT2D eigenvalue weighted by atomic mass is 16.5. The third kappa shape index (κ3) is 2.05. The van der Waals surface area contributed by atoms with Gasteiger partial charge in [0.05, 0.1) is 12.2 Å². The molecule has 1 N–H and O–H groups in total. The zero-order valence-corrected chi connectivity index (χ0v) is 14.9. The van der Waals surface area contributed by atoms with Crippen molar-refractivity contribution < 1.29 is 14.6 Å². The minimum atomic E-state index is -0.295. The van der Waals surface area contributed by atoms with Gasteiger partial charge in [0.15, 0.2) is 0 Å². The van der Waals surface area contributed by atoms with Crippen molar-refractivity contribution >= 4 is 5.78 Å². The largest absolute Gasteiger partial charge is 0.390 e. The molecule has 0 radical (unpaired) electrons. The number of aliphatic hydroxyl groups is 1. The summed E-state index contributed by atoms with van der Waals surface area (Å²) in [6.45, 7) is 4.71. The zero-order valence-electron chi connectivity index (χ0n) is 14.9. The minimum absolute atomic E-state index is 0.00761. The third-order valence-corrected chi connectivity index (χ3v) is 8.68. The van der Waals surface area contributed by atoms with Gasteiger partial charge in [-0.15, -0.1) is 0 Å². The Hall–Kier alpha value is -0.410. The van der Waals surface area contributed by atoms with Gasteiger partial charge in [-0.05, 0) is 74.0 Å². The van der Waals surface area contributed by atoms with Crippen molar-refractivity contribution in [2.75, 3.05) is 7.11 Å². The molecular formula is C20H32O3. The molecule has 0 saturated heterocycles. The van der Waals surface area contributed by atoms with E-state index in [4.69, 9.17) is 4.74 Å². The van der Waals surface area contributed by atoms with Crippen LogP contribution in [0.5, 0.6) is 0 Å². The maximum atomic E-state index is 12.5. The molecule has 4 saturated carbocycles. The van der Waals surface area contributed by atoms with Crippen molar-refractivity contribution in [3.05, 3.63) is 0 Å². The van der Waals surface area contributed by atoms with E-state index >= 15 is 0 Å². The van der Waals surface area contributed by atoms with Gasteiger partial charge in [-0.1, -0.05) is 13.8 Å². The maximum absolute atomic E-state index is 12.5. The highest BCUT2D eigenvalue weighted by Gasteiger charge is 2.61. The van der Waals surface area contributed by atoms with E-state index in [1.165, 1.54) is 12.8 Å². The predicted molar refractivity (Wildman–Crippen MR) is 88.9 cm³/mol. The van der Waals surface area contributed by atoms with E-state index in [-0.39, 0.29) is 23.0 Å². The molecule has 130 valence electrons. The lowest BCUT2D eigenvalue weighted by atomic mass is 9.44. The van der Waals surface area contributed by atoms with Crippen LogP contribution in [0.25, 0.3) is 0 Å². The van der Waals surface area contributed by atoms with Crippen molar-refractivity contribution in [1.82, 2.24) is 0 Å². The quantitative estimate of drug-likeness (QED) is 0.803. The van der Waals surface area contributed by atoms with Crippen LogP contribution in [-0.4, -0.2) is 30.2 Å². The Balaban J connectivity index is 1.65.